The van der Waals surface area contributed by atoms with E-state index in [1.165, 1.54) is 11.3 Å². The van der Waals surface area contributed by atoms with Gasteiger partial charge in [0, 0.05) is 44.2 Å². The lowest BCUT2D eigenvalue weighted by Crippen LogP contribution is -2.48. The highest BCUT2D eigenvalue weighted by Gasteiger charge is 2.30. The molecule has 1 unspecified atom stereocenters. The normalized spacial score (nSPS) is 20.2. The first-order chi connectivity index (χ1) is 12.8. The van der Waals surface area contributed by atoms with Crippen molar-refractivity contribution < 1.29 is 14.2 Å². The molecule has 2 aliphatic rings. The highest BCUT2D eigenvalue weighted by atomic mass is 16.5. The number of nitrogens with zero attached hydrogens (tertiary/aromatic N) is 2. The van der Waals surface area contributed by atoms with Crippen molar-refractivity contribution in [2.24, 2.45) is 0 Å². The molecule has 1 atom stereocenters. The van der Waals surface area contributed by atoms with E-state index in [1.807, 2.05) is 24.3 Å². The van der Waals surface area contributed by atoms with Gasteiger partial charge in [0.1, 0.15) is 17.2 Å². The van der Waals surface area contributed by atoms with E-state index in [-0.39, 0.29) is 0 Å². The van der Waals surface area contributed by atoms with Gasteiger partial charge in [0.2, 0.25) is 0 Å². The van der Waals surface area contributed by atoms with E-state index < -0.39 is 0 Å². The molecule has 5 nitrogen and oxygen atoms in total. The van der Waals surface area contributed by atoms with Crippen molar-refractivity contribution in [2.45, 2.75) is 12.5 Å². The Morgan fingerprint density at radius 2 is 1.77 bits per heavy atom. The molecule has 5 heteroatoms. The second-order valence-corrected chi connectivity index (χ2v) is 6.75. The summed E-state index contributed by atoms with van der Waals surface area (Å²) in [7, 11) is 3.45. The van der Waals surface area contributed by atoms with Gasteiger partial charge in [-0.2, -0.15) is 0 Å². The van der Waals surface area contributed by atoms with Crippen LogP contribution in [0.5, 0.6) is 17.2 Å². The third kappa shape index (κ3) is 3.19. The maximum Gasteiger partial charge on any atom is 0.142 e. The highest BCUT2D eigenvalue weighted by Crippen LogP contribution is 2.39. The third-order valence-corrected chi connectivity index (χ3v) is 5.41. The first-order valence-corrected chi connectivity index (χ1v) is 9.23. The minimum Gasteiger partial charge on any atom is -0.497 e. The monoisotopic (exact) mass is 354 g/mol. The molecule has 2 aromatic rings. The number of benzene rings is 2. The largest absolute Gasteiger partial charge is 0.497 e. The van der Waals surface area contributed by atoms with Gasteiger partial charge in [-0.15, -0.1) is 0 Å². The van der Waals surface area contributed by atoms with Crippen LogP contribution < -0.4 is 19.1 Å². The fraction of sp³-hybridized carbons (Fsp3) is 0.429. The van der Waals surface area contributed by atoms with Gasteiger partial charge in [0.05, 0.1) is 26.5 Å². The van der Waals surface area contributed by atoms with E-state index in [0.29, 0.717) is 6.04 Å². The summed E-state index contributed by atoms with van der Waals surface area (Å²) in [5, 5.41) is 0. The predicted octanol–water partition coefficient (Wildman–Crippen LogP) is 3.35. The lowest BCUT2D eigenvalue weighted by molar-refractivity contribution is 0.133. The smallest absolute Gasteiger partial charge is 0.142 e. The van der Waals surface area contributed by atoms with Crippen LogP contribution in [-0.4, -0.2) is 51.9 Å². The van der Waals surface area contributed by atoms with Crippen molar-refractivity contribution in [1.29, 1.82) is 0 Å². The summed E-state index contributed by atoms with van der Waals surface area (Å²) in [4.78, 5) is 4.99. The Morgan fingerprint density at radius 3 is 2.54 bits per heavy atom. The van der Waals surface area contributed by atoms with Crippen LogP contribution in [0, 0.1) is 0 Å². The van der Waals surface area contributed by atoms with Gasteiger partial charge in [-0.1, -0.05) is 12.1 Å². The van der Waals surface area contributed by atoms with Crippen LogP contribution in [0.4, 0.5) is 5.69 Å². The quantitative estimate of drug-likeness (QED) is 0.841. The van der Waals surface area contributed by atoms with Crippen LogP contribution in [-0.2, 0) is 0 Å². The Kier molecular flexibility index (Phi) is 4.89. The number of hydrogen-bond acceptors (Lipinski definition) is 5. The highest BCUT2D eigenvalue weighted by molar-refractivity contribution is 5.58. The Balaban J connectivity index is 1.49. The standard InChI is InChI=1S/C21H26N2O3/c1-24-16-7-8-20-17(15-16)18(9-14-26-20)22-10-12-23(13-11-22)19-5-3-4-6-21(19)25-2/h3-8,15,18H,9-14H2,1-2H3. The molecule has 138 valence electrons. The number of rotatable bonds is 4. The minimum absolute atomic E-state index is 0.397. The summed E-state index contributed by atoms with van der Waals surface area (Å²) in [5.74, 6) is 2.84. The number of piperazine rings is 1. The number of fused-ring (bicyclic) bond motifs is 1. The van der Waals surface area contributed by atoms with E-state index in [0.717, 1.165) is 56.5 Å². The zero-order chi connectivity index (χ0) is 17.9. The van der Waals surface area contributed by atoms with Gasteiger partial charge in [-0.05, 0) is 30.3 Å². The summed E-state index contributed by atoms with van der Waals surface area (Å²) < 4.78 is 16.8. The third-order valence-electron chi connectivity index (χ3n) is 5.41. The SMILES string of the molecule is COc1ccc2c(c1)C(N1CCN(c3ccccc3OC)CC1)CCO2. The maximum atomic E-state index is 5.86. The number of para-hydroxylation sites is 2. The molecule has 26 heavy (non-hydrogen) atoms. The van der Waals surface area contributed by atoms with Gasteiger partial charge in [-0.25, -0.2) is 0 Å². The topological polar surface area (TPSA) is 34.2 Å². The van der Waals surface area contributed by atoms with Crippen molar-refractivity contribution in [1.82, 2.24) is 4.90 Å². The second kappa shape index (κ2) is 7.46. The molecular formula is C21H26N2O3. The first-order valence-electron chi connectivity index (χ1n) is 9.23. The van der Waals surface area contributed by atoms with Gasteiger partial charge >= 0.3 is 0 Å². The van der Waals surface area contributed by atoms with E-state index >= 15 is 0 Å². The lowest BCUT2D eigenvalue weighted by atomic mass is 9.97. The van der Waals surface area contributed by atoms with Crippen molar-refractivity contribution in [2.75, 3.05) is 51.9 Å². The molecule has 1 fully saturated rings. The van der Waals surface area contributed by atoms with Crippen LogP contribution in [0.1, 0.15) is 18.0 Å². The van der Waals surface area contributed by atoms with Crippen LogP contribution in [0.2, 0.25) is 0 Å². The second-order valence-electron chi connectivity index (χ2n) is 6.75. The number of methoxy groups -OCH3 is 2. The molecule has 2 heterocycles. The Morgan fingerprint density at radius 1 is 0.962 bits per heavy atom. The molecule has 0 saturated carbocycles. The average Bonchev–Trinajstić information content (AvgIpc) is 2.73. The van der Waals surface area contributed by atoms with Crippen molar-refractivity contribution >= 4 is 5.69 Å². The molecule has 0 aliphatic carbocycles. The fourth-order valence-corrected chi connectivity index (χ4v) is 4.03. The average molecular weight is 354 g/mol. The summed E-state index contributed by atoms with van der Waals surface area (Å²) >= 11 is 0. The zero-order valence-electron chi connectivity index (χ0n) is 15.5. The Hall–Kier alpha value is -2.40. The molecule has 0 aromatic heterocycles. The summed E-state index contributed by atoms with van der Waals surface area (Å²) in [6, 6.07) is 14.8. The Labute approximate surface area is 155 Å². The van der Waals surface area contributed by atoms with Crippen molar-refractivity contribution in [3.8, 4) is 17.2 Å². The summed E-state index contributed by atoms with van der Waals surface area (Å²) in [6.45, 7) is 4.82. The fourth-order valence-electron chi connectivity index (χ4n) is 4.03. The number of anilines is 1. The number of hydrogen-bond donors (Lipinski definition) is 0. The van der Waals surface area contributed by atoms with Crippen LogP contribution >= 0.6 is 0 Å². The molecule has 0 bridgehead atoms. The first kappa shape index (κ1) is 17.0. The minimum atomic E-state index is 0.397. The number of ether oxygens (including phenoxy) is 3. The van der Waals surface area contributed by atoms with Crippen molar-refractivity contribution in [3.63, 3.8) is 0 Å². The molecule has 0 N–H and O–H groups in total. The maximum absolute atomic E-state index is 5.86. The lowest BCUT2D eigenvalue weighted by Gasteiger charge is -2.42. The van der Waals surface area contributed by atoms with Crippen LogP contribution in [0.15, 0.2) is 42.5 Å². The van der Waals surface area contributed by atoms with Gasteiger partial charge in [0.15, 0.2) is 0 Å². The molecule has 2 aromatic carbocycles. The molecule has 0 amide bonds. The molecular weight excluding hydrogens is 328 g/mol. The van der Waals surface area contributed by atoms with Crippen LogP contribution in [0.3, 0.4) is 0 Å². The molecule has 4 rings (SSSR count). The van der Waals surface area contributed by atoms with E-state index in [4.69, 9.17) is 14.2 Å². The van der Waals surface area contributed by atoms with Crippen molar-refractivity contribution in [3.05, 3.63) is 48.0 Å². The Bertz CT molecular complexity index is 757. The molecule has 2 aliphatic heterocycles. The van der Waals surface area contributed by atoms with E-state index in [1.54, 1.807) is 14.2 Å². The van der Waals surface area contributed by atoms with Crippen LogP contribution in [0.25, 0.3) is 0 Å². The molecule has 1 saturated heterocycles. The summed E-state index contributed by atoms with van der Waals surface area (Å²) in [5.41, 5.74) is 2.44. The van der Waals surface area contributed by atoms with E-state index in [2.05, 4.69) is 28.0 Å². The van der Waals surface area contributed by atoms with Gasteiger partial charge in [-0.3, -0.25) is 4.90 Å². The predicted molar refractivity (Wildman–Crippen MR) is 103 cm³/mol. The van der Waals surface area contributed by atoms with Gasteiger partial charge in [0.25, 0.3) is 0 Å². The zero-order valence-corrected chi connectivity index (χ0v) is 15.5. The molecule has 0 spiro atoms. The van der Waals surface area contributed by atoms with Gasteiger partial charge < -0.3 is 19.1 Å². The molecule has 0 radical (unpaired) electrons. The van der Waals surface area contributed by atoms with E-state index in [9.17, 15) is 0 Å². The summed E-state index contributed by atoms with van der Waals surface area (Å²) in [6.07, 6.45) is 1.02.